The molecule has 4 nitrogen and oxygen atoms in total. The lowest BCUT2D eigenvalue weighted by Gasteiger charge is -2.25. The van der Waals surface area contributed by atoms with Gasteiger partial charge in [-0.2, -0.15) is 0 Å². The number of hydrogen-bond acceptors (Lipinski definition) is 3. The van der Waals surface area contributed by atoms with Crippen LogP contribution in [0, 0.1) is 0 Å². The van der Waals surface area contributed by atoms with Crippen LogP contribution >= 0.6 is 11.6 Å². The molecule has 1 aliphatic rings. The number of hydrogen-bond donors (Lipinski definition) is 1. The summed E-state index contributed by atoms with van der Waals surface area (Å²) in [4.78, 5) is 13.8. The maximum Gasteiger partial charge on any atom is 0.238 e. The van der Waals surface area contributed by atoms with Crippen molar-refractivity contribution < 1.29 is 9.53 Å². The predicted octanol–water partition coefficient (Wildman–Crippen LogP) is 1.61. The molecule has 0 aliphatic carbocycles. The van der Waals surface area contributed by atoms with E-state index in [4.69, 9.17) is 16.3 Å². The summed E-state index contributed by atoms with van der Waals surface area (Å²) in [5.74, 6) is -0.0193. The van der Waals surface area contributed by atoms with Gasteiger partial charge >= 0.3 is 0 Å². The molecule has 1 aliphatic heterocycles. The molecule has 1 amide bonds. The van der Waals surface area contributed by atoms with E-state index in [2.05, 4.69) is 10.2 Å². The van der Waals surface area contributed by atoms with Gasteiger partial charge in [0.15, 0.2) is 0 Å². The Morgan fingerprint density at radius 2 is 2.18 bits per heavy atom. The summed E-state index contributed by atoms with van der Waals surface area (Å²) in [7, 11) is 0. The summed E-state index contributed by atoms with van der Waals surface area (Å²) in [6.45, 7) is 3.41. The topological polar surface area (TPSA) is 41.6 Å². The summed E-state index contributed by atoms with van der Waals surface area (Å²) in [5.41, 5.74) is 0.732. The Bertz CT molecular complexity index is 392. The number of ether oxygens (including phenoxy) is 1. The number of rotatable bonds is 3. The molecule has 0 unspecified atom stereocenters. The van der Waals surface area contributed by atoms with E-state index in [1.165, 1.54) is 0 Å². The largest absolute Gasteiger partial charge is 0.379 e. The van der Waals surface area contributed by atoms with Crippen LogP contribution in [-0.4, -0.2) is 43.7 Å². The third kappa shape index (κ3) is 4.00. The monoisotopic (exact) mass is 254 g/mol. The van der Waals surface area contributed by atoms with E-state index in [0.29, 0.717) is 24.8 Å². The van der Waals surface area contributed by atoms with Crippen LogP contribution < -0.4 is 5.32 Å². The second kappa shape index (κ2) is 6.00. The second-order valence-corrected chi connectivity index (χ2v) is 4.38. The second-order valence-electron chi connectivity index (χ2n) is 3.95. The van der Waals surface area contributed by atoms with Gasteiger partial charge in [-0.05, 0) is 18.2 Å². The molecular weight excluding hydrogens is 240 g/mol. The molecule has 0 spiro atoms. The molecule has 2 rings (SSSR count). The maximum absolute atomic E-state index is 11.8. The minimum atomic E-state index is -0.0193. The molecule has 1 aromatic rings. The molecule has 0 saturated carbocycles. The van der Waals surface area contributed by atoms with Crippen molar-refractivity contribution in [3.8, 4) is 0 Å². The summed E-state index contributed by atoms with van der Waals surface area (Å²) < 4.78 is 5.22. The van der Waals surface area contributed by atoms with Gasteiger partial charge in [-0.25, -0.2) is 0 Å². The number of carbonyl (C=O) groups is 1. The molecule has 1 heterocycles. The molecule has 0 bridgehead atoms. The Hall–Kier alpha value is -1.10. The third-order valence-electron chi connectivity index (χ3n) is 2.58. The Morgan fingerprint density at radius 1 is 1.41 bits per heavy atom. The van der Waals surface area contributed by atoms with Crippen LogP contribution in [-0.2, 0) is 9.53 Å². The van der Waals surface area contributed by atoms with Gasteiger partial charge in [0, 0.05) is 23.8 Å². The lowest BCUT2D eigenvalue weighted by Crippen LogP contribution is -2.41. The van der Waals surface area contributed by atoms with Crippen molar-refractivity contribution >= 4 is 23.2 Å². The summed E-state index contributed by atoms with van der Waals surface area (Å²) >= 11 is 5.84. The van der Waals surface area contributed by atoms with E-state index >= 15 is 0 Å². The van der Waals surface area contributed by atoms with E-state index in [9.17, 15) is 4.79 Å². The zero-order valence-electron chi connectivity index (χ0n) is 9.49. The zero-order chi connectivity index (χ0) is 12.1. The molecule has 1 N–H and O–H groups in total. The average molecular weight is 255 g/mol. The molecule has 17 heavy (non-hydrogen) atoms. The summed E-state index contributed by atoms with van der Waals surface area (Å²) in [6.07, 6.45) is 0. The van der Waals surface area contributed by atoms with Gasteiger partial charge in [0.1, 0.15) is 0 Å². The van der Waals surface area contributed by atoms with E-state index in [1.807, 2.05) is 12.1 Å². The molecule has 0 radical (unpaired) electrons. The van der Waals surface area contributed by atoms with Crippen molar-refractivity contribution in [3.05, 3.63) is 29.3 Å². The van der Waals surface area contributed by atoms with Crippen molar-refractivity contribution in [2.24, 2.45) is 0 Å². The van der Waals surface area contributed by atoms with Gasteiger partial charge in [0.25, 0.3) is 0 Å². The molecule has 0 aromatic heterocycles. The fourth-order valence-corrected chi connectivity index (χ4v) is 1.92. The third-order valence-corrected chi connectivity index (χ3v) is 2.81. The highest BCUT2D eigenvalue weighted by atomic mass is 35.5. The number of carbonyl (C=O) groups excluding carboxylic acids is 1. The van der Waals surface area contributed by atoms with Gasteiger partial charge in [-0.15, -0.1) is 0 Å². The van der Waals surface area contributed by atoms with Crippen molar-refractivity contribution in [1.29, 1.82) is 0 Å². The molecule has 92 valence electrons. The lowest BCUT2D eigenvalue weighted by molar-refractivity contribution is -0.118. The Morgan fingerprint density at radius 3 is 2.88 bits per heavy atom. The number of benzene rings is 1. The first kappa shape index (κ1) is 12.4. The molecule has 0 atom stereocenters. The number of nitrogens with one attached hydrogen (secondary N) is 1. The van der Waals surface area contributed by atoms with Crippen LogP contribution in [0.2, 0.25) is 5.02 Å². The number of halogens is 1. The van der Waals surface area contributed by atoms with E-state index in [1.54, 1.807) is 12.1 Å². The zero-order valence-corrected chi connectivity index (χ0v) is 10.2. The number of morpholine rings is 1. The fourth-order valence-electron chi connectivity index (χ4n) is 1.73. The van der Waals surface area contributed by atoms with Crippen LogP contribution in [0.25, 0.3) is 0 Å². The quantitative estimate of drug-likeness (QED) is 0.891. The van der Waals surface area contributed by atoms with Crippen LogP contribution in [0.3, 0.4) is 0 Å². The highest BCUT2D eigenvalue weighted by Gasteiger charge is 2.13. The number of nitrogens with zero attached hydrogens (tertiary/aromatic N) is 1. The molecule has 1 fully saturated rings. The Balaban J connectivity index is 1.84. The first-order valence-electron chi connectivity index (χ1n) is 5.59. The molecule has 1 saturated heterocycles. The number of amides is 1. The molecule has 1 aromatic carbocycles. The highest BCUT2D eigenvalue weighted by Crippen LogP contribution is 2.14. The van der Waals surface area contributed by atoms with Gasteiger partial charge in [0.05, 0.1) is 19.8 Å². The van der Waals surface area contributed by atoms with Gasteiger partial charge in [-0.3, -0.25) is 9.69 Å². The van der Waals surface area contributed by atoms with Crippen molar-refractivity contribution in [1.82, 2.24) is 4.90 Å². The van der Waals surface area contributed by atoms with Gasteiger partial charge in [0.2, 0.25) is 5.91 Å². The Kier molecular flexibility index (Phi) is 4.36. The number of anilines is 1. The fraction of sp³-hybridized carbons (Fsp3) is 0.417. The predicted molar refractivity (Wildman–Crippen MR) is 67.3 cm³/mol. The smallest absolute Gasteiger partial charge is 0.238 e. The average Bonchev–Trinajstić information content (AvgIpc) is 2.30. The summed E-state index contributed by atoms with van der Waals surface area (Å²) in [6, 6.07) is 7.15. The maximum atomic E-state index is 11.8. The Labute approximate surface area is 106 Å². The normalized spacial score (nSPS) is 16.8. The molecule has 5 heteroatoms. The van der Waals surface area contributed by atoms with E-state index in [-0.39, 0.29) is 5.91 Å². The minimum absolute atomic E-state index is 0.0193. The first-order chi connectivity index (χ1) is 8.24. The van der Waals surface area contributed by atoms with Gasteiger partial charge in [-0.1, -0.05) is 17.7 Å². The van der Waals surface area contributed by atoms with Gasteiger partial charge < -0.3 is 10.1 Å². The summed E-state index contributed by atoms with van der Waals surface area (Å²) in [5, 5.41) is 3.44. The van der Waals surface area contributed by atoms with Crippen LogP contribution in [0.15, 0.2) is 24.3 Å². The standard InChI is InChI=1S/C12H15ClN2O2/c13-10-2-1-3-11(8-10)14-12(16)9-15-4-6-17-7-5-15/h1-3,8H,4-7,9H2,(H,14,16). The SMILES string of the molecule is O=C(CN1CCOCC1)Nc1cccc(Cl)c1. The van der Waals surface area contributed by atoms with E-state index < -0.39 is 0 Å². The van der Waals surface area contributed by atoms with Crippen molar-refractivity contribution in [2.45, 2.75) is 0 Å². The van der Waals surface area contributed by atoms with E-state index in [0.717, 1.165) is 18.8 Å². The highest BCUT2D eigenvalue weighted by molar-refractivity contribution is 6.30. The van der Waals surface area contributed by atoms with Crippen LogP contribution in [0.4, 0.5) is 5.69 Å². The van der Waals surface area contributed by atoms with Crippen LogP contribution in [0.5, 0.6) is 0 Å². The first-order valence-corrected chi connectivity index (χ1v) is 5.97. The lowest BCUT2D eigenvalue weighted by atomic mass is 10.3. The van der Waals surface area contributed by atoms with Crippen molar-refractivity contribution in [2.75, 3.05) is 38.2 Å². The van der Waals surface area contributed by atoms with Crippen molar-refractivity contribution in [3.63, 3.8) is 0 Å². The molecular formula is C12H15ClN2O2. The van der Waals surface area contributed by atoms with Crippen LogP contribution in [0.1, 0.15) is 0 Å². The minimum Gasteiger partial charge on any atom is -0.379 e.